The van der Waals surface area contributed by atoms with Gasteiger partial charge in [0.2, 0.25) is 0 Å². The highest BCUT2D eigenvalue weighted by Gasteiger charge is 2.19. The molecule has 1 aliphatic carbocycles. The van der Waals surface area contributed by atoms with E-state index < -0.39 is 0 Å². The number of carbonyl (C=O) groups is 1. The number of benzene rings is 1. The zero-order chi connectivity index (χ0) is 12.3. The highest BCUT2D eigenvalue weighted by molar-refractivity contribution is 5.96. The lowest BCUT2D eigenvalue weighted by atomic mass is 10.0. The summed E-state index contributed by atoms with van der Waals surface area (Å²) in [5, 5.41) is 17.0. The monoisotopic (exact) mass is 234 g/mol. The van der Waals surface area contributed by atoms with Crippen molar-refractivity contribution in [3.8, 4) is 0 Å². The molecule has 0 bridgehead atoms. The van der Waals surface area contributed by atoms with Gasteiger partial charge in [-0.2, -0.15) is 5.11 Å². The average Bonchev–Trinajstić information content (AvgIpc) is 2.31. The first kappa shape index (κ1) is 11.4. The lowest BCUT2D eigenvalue weighted by Crippen LogP contribution is -2.09. The van der Waals surface area contributed by atoms with E-state index in [1.165, 1.54) is 24.3 Å². The van der Waals surface area contributed by atoms with Crippen LogP contribution in [0.25, 0.3) is 0 Å². The summed E-state index contributed by atoms with van der Waals surface area (Å²) in [5.41, 5.74) is 0.450. The topological polar surface area (TPSA) is 62.0 Å². The summed E-state index contributed by atoms with van der Waals surface area (Å²) in [4.78, 5) is 11.4. The Hall–Kier alpha value is -2.04. The Balaban J connectivity index is 2.20. The Morgan fingerprint density at radius 1 is 1.12 bits per heavy atom. The molecule has 0 fully saturated rings. The Morgan fingerprint density at radius 3 is 2.47 bits per heavy atom. The van der Waals surface area contributed by atoms with Crippen molar-refractivity contribution in [1.82, 2.24) is 0 Å². The molecule has 0 radical (unpaired) electrons. The van der Waals surface area contributed by atoms with E-state index in [0.717, 1.165) is 0 Å². The number of rotatable bonds is 2. The van der Waals surface area contributed by atoms with Crippen LogP contribution in [0.3, 0.4) is 0 Å². The number of aliphatic hydroxyl groups is 1. The van der Waals surface area contributed by atoms with Crippen LogP contribution in [0.4, 0.5) is 10.1 Å². The van der Waals surface area contributed by atoms with Crippen molar-refractivity contribution in [2.24, 2.45) is 10.2 Å². The molecule has 1 aromatic rings. The minimum atomic E-state index is -0.361. The van der Waals surface area contributed by atoms with Crippen LogP contribution in [0, 0.1) is 5.82 Å². The Kier molecular flexibility index (Phi) is 3.27. The van der Waals surface area contributed by atoms with Crippen molar-refractivity contribution in [2.45, 2.75) is 19.3 Å². The summed E-state index contributed by atoms with van der Waals surface area (Å²) in [7, 11) is 0. The van der Waals surface area contributed by atoms with Gasteiger partial charge in [0.1, 0.15) is 11.6 Å². The molecule has 4 nitrogen and oxygen atoms in total. The third-order valence-corrected chi connectivity index (χ3v) is 2.45. The number of halogens is 1. The van der Waals surface area contributed by atoms with Crippen molar-refractivity contribution in [3.05, 3.63) is 41.5 Å². The van der Waals surface area contributed by atoms with Crippen molar-refractivity contribution in [3.63, 3.8) is 0 Å². The summed E-state index contributed by atoms with van der Waals surface area (Å²) in [6.45, 7) is 0. The summed E-state index contributed by atoms with van der Waals surface area (Å²) >= 11 is 0. The van der Waals surface area contributed by atoms with E-state index in [4.69, 9.17) is 0 Å². The van der Waals surface area contributed by atoms with Gasteiger partial charge in [-0.15, -0.1) is 5.11 Å². The smallest absolute Gasteiger partial charge is 0.186 e. The quantitative estimate of drug-likeness (QED) is 0.797. The van der Waals surface area contributed by atoms with Gasteiger partial charge < -0.3 is 5.11 Å². The van der Waals surface area contributed by atoms with E-state index >= 15 is 0 Å². The molecule has 1 N–H and O–H groups in total. The highest BCUT2D eigenvalue weighted by atomic mass is 19.1. The number of Topliss-reactive ketones (excluding diaryl/α,β-unsaturated/α-hetero) is 1. The van der Waals surface area contributed by atoms with E-state index in [1.54, 1.807) is 0 Å². The highest BCUT2D eigenvalue weighted by Crippen LogP contribution is 2.23. The fourth-order valence-corrected chi connectivity index (χ4v) is 1.54. The predicted octanol–water partition coefficient (Wildman–Crippen LogP) is 3.43. The number of azo groups is 1. The van der Waals surface area contributed by atoms with E-state index in [9.17, 15) is 14.3 Å². The van der Waals surface area contributed by atoms with E-state index in [1.807, 2.05) is 0 Å². The number of hydrogen-bond acceptors (Lipinski definition) is 4. The van der Waals surface area contributed by atoms with Gasteiger partial charge in [-0.1, -0.05) is 0 Å². The van der Waals surface area contributed by atoms with Crippen LogP contribution in [-0.2, 0) is 4.79 Å². The van der Waals surface area contributed by atoms with Crippen molar-refractivity contribution < 1.29 is 14.3 Å². The zero-order valence-electron chi connectivity index (χ0n) is 9.06. The van der Waals surface area contributed by atoms with Gasteiger partial charge in [0.25, 0.3) is 0 Å². The van der Waals surface area contributed by atoms with Crippen molar-refractivity contribution >= 4 is 11.5 Å². The summed E-state index contributed by atoms with van der Waals surface area (Å²) in [6, 6.07) is 5.41. The number of allylic oxidation sites excluding steroid dienone is 2. The molecule has 0 saturated carbocycles. The fraction of sp³-hybridized carbons (Fsp3) is 0.250. The van der Waals surface area contributed by atoms with Crippen LogP contribution < -0.4 is 0 Å². The zero-order valence-corrected chi connectivity index (χ0v) is 9.06. The van der Waals surface area contributed by atoms with E-state index in [2.05, 4.69) is 10.2 Å². The molecule has 5 heteroatoms. The Labute approximate surface area is 97.5 Å². The minimum absolute atomic E-state index is 0.0144. The molecule has 0 aromatic heterocycles. The second-order valence-electron chi connectivity index (χ2n) is 3.75. The molecular weight excluding hydrogens is 223 g/mol. The van der Waals surface area contributed by atoms with E-state index in [0.29, 0.717) is 24.9 Å². The molecule has 0 unspecified atom stereocenters. The third-order valence-electron chi connectivity index (χ3n) is 2.45. The molecule has 0 saturated heterocycles. The van der Waals surface area contributed by atoms with Gasteiger partial charge in [-0.25, -0.2) is 4.39 Å². The summed E-state index contributed by atoms with van der Waals surface area (Å²) in [6.07, 6.45) is 1.46. The molecule has 1 aromatic carbocycles. The SMILES string of the molecule is O=C1CCCC(O)=C1N=Nc1ccc(F)cc1. The maximum absolute atomic E-state index is 12.6. The molecule has 0 amide bonds. The lowest BCUT2D eigenvalue weighted by molar-refractivity contribution is -0.116. The van der Waals surface area contributed by atoms with Crippen LogP contribution in [0.2, 0.25) is 0 Å². The van der Waals surface area contributed by atoms with Crippen LogP contribution in [0.1, 0.15) is 19.3 Å². The van der Waals surface area contributed by atoms with Crippen molar-refractivity contribution in [2.75, 3.05) is 0 Å². The molecule has 88 valence electrons. The maximum atomic E-state index is 12.6. The van der Waals surface area contributed by atoms with Crippen LogP contribution in [0.5, 0.6) is 0 Å². The first-order valence-electron chi connectivity index (χ1n) is 5.29. The number of hydrogen-bond donors (Lipinski definition) is 1. The van der Waals surface area contributed by atoms with Gasteiger partial charge in [0.15, 0.2) is 11.5 Å². The normalized spacial score (nSPS) is 16.9. The standard InChI is InChI=1S/C12H11FN2O2/c13-8-4-6-9(7-5-8)14-15-12-10(16)2-1-3-11(12)17/h4-7,16H,1-3H2. The molecule has 2 rings (SSSR count). The van der Waals surface area contributed by atoms with Gasteiger partial charge in [0.05, 0.1) is 5.69 Å². The van der Waals surface area contributed by atoms with Gasteiger partial charge in [0, 0.05) is 12.8 Å². The molecule has 0 aliphatic heterocycles. The molecular formula is C12H11FN2O2. The summed E-state index contributed by atoms with van der Waals surface area (Å²) < 4.78 is 12.6. The average molecular weight is 234 g/mol. The van der Waals surface area contributed by atoms with Crippen LogP contribution in [-0.4, -0.2) is 10.9 Å². The maximum Gasteiger partial charge on any atom is 0.186 e. The number of aliphatic hydroxyl groups excluding tert-OH is 1. The van der Waals surface area contributed by atoms with Gasteiger partial charge >= 0.3 is 0 Å². The second-order valence-corrected chi connectivity index (χ2v) is 3.75. The second kappa shape index (κ2) is 4.86. The number of carbonyl (C=O) groups excluding carboxylic acids is 1. The summed E-state index contributed by atoms with van der Waals surface area (Å²) in [5.74, 6) is -0.591. The van der Waals surface area contributed by atoms with Gasteiger partial charge in [-0.05, 0) is 30.7 Å². The number of ketones is 1. The minimum Gasteiger partial charge on any atom is -0.510 e. The molecule has 1 aliphatic rings. The Bertz CT molecular complexity index is 492. The first-order chi connectivity index (χ1) is 8.16. The lowest BCUT2D eigenvalue weighted by Gasteiger charge is -2.09. The van der Waals surface area contributed by atoms with Crippen LogP contribution >= 0.6 is 0 Å². The predicted molar refractivity (Wildman–Crippen MR) is 59.4 cm³/mol. The van der Waals surface area contributed by atoms with Crippen LogP contribution in [0.15, 0.2) is 46.0 Å². The largest absolute Gasteiger partial charge is 0.510 e. The molecule has 0 spiro atoms. The molecule has 17 heavy (non-hydrogen) atoms. The first-order valence-corrected chi connectivity index (χ1v) is 5.29. The molecule has 0 atom stereocenters. The van der Waals surface area contributed by atoms with Crippen molar-refractivity contribution in [1.29, 1.82) is 0 Å². The van der Waals surface area contributed by atoms with E-state index in [-0.39, 0.29) is 23.1 Å². The Morgan fingerprint density at radius 2 is 1.82 bits per heavy atom. The fourth-order valence-electron chi connectivity index (χ4n) is 1.54. The van der Waals surface area contributed by atoms with Gasteiger partial charge in [-0.3, -0.25) is 4.79 Å². The third kappa shape index (κ3) is 2.75. The number of nitrogens with zero attached hydrogens (tertiary/aromatic N) is 2. The molecule has 0 heterocycles.